The Labute approximate surface area is 164 Å². The van der Waals surface area contributed by atoms with Gasteiger partial charge in [0.25, 0.3) is 0 Å². The second-order valence-electron chi connectivity index (χ2n) is 8.51. The Bertz CT molecular complexity index is 576. The van der Waals surface area contributed by atoms with Crippen LogP contribution in [0.15, 0.2) is 28.4 Å². The minimum absolute atomic E-state index is 0.279. The Morgan fingerprint density at radius 3 is 2.67 bits per heavy atom. The summed E-state index contributed by atoms with van der Waals surface area (Å²) in [6.07, 6.45) is 7.26. The van der Waals surface area contributed by atoms with Crippen molar-refractivity contribution in [3.63, 3.8) is 0 Å². The van der Waals surface area contributed by atoms with Crippen molar-refractivity contribution in [1.29, 1.82) is 0 Å². The number of aliphatic hydroxyl groups excluding tert-OH is 1. The third-order valence-corrected chi connectivity index (χ3v) is 6.18. The van der Waals surface area contributed by atoms with E-state index in [4.69, 9.17) is 4.42 Å². The predicted octanol–water partition coefficient (Wildman–Crippen LogP) is 2.92. The smallest absolute Gasteiger partial charge is 0.126 e. The lowest BCUT2D eigenvalue weighted by molar-refractivity contribution is 0.00489. The van der Waals surface area contributed by atoms with E-state index in [1.165, 1.54) is 31.5 Å². The van der Waals surface area contributed by atoms with E-state index in [0.29, 0.717) is 18.1 Å². The Morgan fingerprint density at radius 2 is 2.04 bits per heavy atom. The summed E-state index contributed by atoms with van der Waals surface area (Å²) in [6, 6.07) is 5.73. The third kappa shape index (κ3) is 5.67. The van der Waals surface area contributed by atoms with Crippen LogP contribution in [0.3, 0.4) is 0 Å². The van der Waals surface area contributed by atoms with Gasteiger partial charge in [-0.2, -0.15) is 0 Å². The standard InChI is InChI=1S/C22H37N3O2/c1-18(2)24-9-6-20(7-10-24)25-12-11-23(17-21(25)8-13-26)16-19(3)15-22-5-4-14-27-22/h4-5,14-15,18,20-21,26H,6-13,16-17H2,1-3H3. The molecule has 152 valence electrons. The van der Waals surface area contributed by atoms with E-state index in [9.17, 15) is 5.11 Å². The third-order valence-electron chi connectivity index (χ3n) is 6.18. The molecule has 2 aliphatic rings. The molecule has 2 aliphatic heterocycles. The number of rotatable bonds is 7. The fourth-order valence-corrected chi connectivity index (χ4v) is 4.71. The molecule has 0 saturated carbocycles. The molecule has 3 heterocycles. The number of hydrogen-bond acceptors (Lipinski definition) is 5. The highest BCUT2D eigenvalue weighted by molar-refractivity contribution is 5.46. The first-order chi connectivity index (χ1) is 13.1. The van der Waals surface area contributed by atoms with E-state index >= 15 is 0 Å². The second kappa shape index (κ2) is 9.87. The first-order valence-corrected chi connectivity index (χ1v) is 10.6. The minimum Gasteiger partial charge on any atom is -0.465 e. The van der Waals surface area contributed by atoms with E-state index < -0.39 is 0 Å². The maximum Gasteiger partial charge on any atom is 0.126 e. The van der Waals surface area contributed by atoms with Crippen LogP contribution in [0.2, 0.25) is 0 Å². The molecule has 1 unspecified atom stereocenters. The van der Waals surface area contributed by atoms with E-state index in [2.05, 4.69) is 41.5 Å². The van der Waals surface area contributed by atoms with Crippen LogP contribution in [-0.2, 0) is 0 Å². The second-order valence-corrected chi connectivity index (χ2v) is 8.51. The van der Waals surface area contributed by atoms with Gasteiger partial charge < -0.3 is 14.4 Å². The Kier molecular flexibility index (Phi) is 7.53. The Hall–Kier alpha value is -1.14. The van der Waals surface area contributed by atoms with Crippen molar-refractivity contribution in [3.8, 4) is 0 Å². The summed E-state index contributed by atoms with van der Waals surface area (Å²) >= 11 is 0. The summed E-state index contributed by atoms with van der Waals surface area (Å²) < 4.78 is 5.43. The maximum atomic E-state index is 9.61. The van der Waals surface area contributed by atoms with Crippen molar-refractivity contribution >= 4 is 6.08 Å². The van der Waals surface area contributed by atoms with Crippen molar-refractivity contribution < 1.29 is 9.52 Å². The lowest BCUT2D eigenvalue weighted by Crippen LogP contribution is -2.59. The Balaban J connectivity index is 1.55. The summed E-state index contributed by atoms with van der Waals surface area (Å²) in [5.74, 6) is 0.926. The molecule has 1 aromatic heterocycles. The summed E-state index contributed by atoms with van der Waals surface area (Å²) in [4.78, 5) is 7.83. The molecule has 2 saturated heterocycles. The molecule has 0 radical (unpaired) electrons. The van der Waals surface area contributed by atoms with Crippen LogP contribution in [0.5, 0.6) is 0 Å². The van der Waals surface area contributed by atoms with Gasteiger partial charge in [0.15, 0.2) is 0 Å². The number of furan rings is 1. The van der Waals surface area contributed by atoms with Crippen molar-refractivity contribution in [1.82, 2.24) is 14.7 Å². The van der Waals surface area contributed by atoms with Crippen LogP contribution in [0.4, 0.5) is 0 Å². The monoisotopic (exact) mass is 375 g/mol. The summed E-state index contributed by atoms with van der Waals surface area (Å²) in [5.41, 5.74) is 1.33. The van der Waals surface area contributed by atoms with E-state index in [-0.39, 0.29) is 6.61 Å². The average molecular weight is 376 g/mol. The predicted molar refractivity (Wildman–Crippen MR) is 111 cm³/mol. The highest BCUT2D eigenvalue weighted by Crippen LogP contribution is 2.24. The number of hydrogen-bond donors (Lipinski definition) is 1. The molecular formula is C22H37N3O2. The normalized spacial score (nSPS) is 24.8. The van der Waals surface area contributed by atoms with E-state index in [0.717, 1.165) is 38.4 Å². The van der Waals surface area contributed by atoms with Crippen LogP contribution in [0, 0.1) is 0 Å². The van der Waals surface area contributed by atoms with Crippen LogP contribution in [-0.4, -0.2) is 83.8 Å². The average Bonchev–Trinajstić information content (AvgIpc) is 3.15. The number of aliphatic hydroxyl groups is 1. The molecule has 1 atom stereocenters. The van der Waals surface area contributed by atoms with Gasteiger partial charge in [-0.05, 0) is 71.3 Å². The van der Waals surface area contributed by atoms with Gasteiger partial charge in [-0.25, -0.2) is 0 Å². The lowest BCUT2D eigenvalue weighted by Gasteiger charge is -2.48. The quantitative estimate of drug-likeness (QED) is 0.794. The first kappa shape index (κ1) is 20.6. The van der Waals surface area contributed by atoms with Crippen molar-refractivity contribution in [2.45, 2.75) is 58.2 Å². The van der Waals surface area contributed by atoms with Gasteiger partial charge in [0.1, 0.15) is 5.76 Å². The first-order valence-electron chi connectivity index (χ1n) is 10.6. The van der Waals surface area contributed by atoms with Gasteiger partial charge >= 0.3 is 0 Å². The minimum atomic E-state index is 0.279. The molecule has 1 aromatic rings. The van der Waals surface area contributed by atoms with Gasteiger partial charge in [0.2, 0.25) is 0 Å². The highest BCUT2D eigenvalue weighted by atomic mass is 16.3. The zero-order chi connectivity index (χ0) is 19.2. The number of nitrogens with zero attached hydrogens (tertiary/aromatic N) is 3. The topological polar surface area (TPSA) is 43.1 Å². The van der Waals surface area contributed by atoms with Crippen LogP contribution in [0.1, 0.15) is 45.8 Å². The number of piperidine rings is 1. The molecule has 0 amide bonds. The van der Waals surface area contributed by atoms with Crippen molar-refractivity contribution in [3.05, 3.63) is 29.7 Å². The molecule has 0 bridgehead atoms. The summed E-state index contributed by atoms with van der Waals surface area (Å²) in [5, 5.41) is 9.61. The summed E-state index contributed by atoms with van der Waals surface area (Å²) in [7, 11) is 0. The SMILES string of the molecule is CC(=Cc1ccco1)CN1CCN(C2CCN(C(C)C)CC2)C(CCO)C1. The zero-order valence-corrected chi connectivity index (χ0v) is 17.3. The summed E-state index contributed by atoms with van der Waals surface area (Å²) in [6.45, 7) is 13.7. The van der Waals surface area contributed by atoms with Gasteiger partial charge in [0, 0.05) is 50.9 Å². The fraction of sp³-hybridized carbons (Fsp3) is 0.727. The molecule has 0 aromatic carbocycles. The Morgan fingerprint density at radius 1 is 1.26 bits per heavy atom. The van der Waals surface area contributed by atoms with Crippen LogP contribution < -0.4 is 0 Å². The molecular weight excluding hydrogens is 338 g/mol. The van der Waals surface area contributed by atoms with E-state index in [1.54, 1.807) is 6.26 Å². The molecule has 0 aliphatic carbocycles. The highest BCUT2D eigenvalue weighted by Gasteiger charge is 2.33. The fourth-order valence-electron chi connectivity index (χ4n) is 4.71. The van der Waals surface area contributed by atoms with E-state index in [1.807, 2.05) is 12.1 Å². The van der Waals surface area contributed by atoms with Crippen LogP contribution >= 0.6 is 0 Å². The van der Waals surface area contributed by atoms with Crippen LogP contribution in [0.25, 0.3) is 6.08 Å². The maximum absolute atomic E-state index is 9.61. The van der Waals surface area contributed by atoms with Gasteiger partial charge in [-0.3, -0.25) is 9.80 Å². The largest absolute Gasteiger partial charge is 0.465 e. The molecule has 27 heavy (non-hydrogen) atoms. The zero-order valence-electron chi connectivity index (χ0n) is 17.3. The van der Waals surface area contributed by atoms with Gasteiger partial charge in [-0.1, -0.05) is 5.57 Å². The molecule has 5 heteroatoms. The molecule has 5 nitrogen and oxygen atoms in total. The van der Waals surface area contributed by atoms with Crippen molar-refractivity contribution in [2.75, 3.05) is 45.9 Å². The number of piperazine rings is 1. The van der Waals surface area contributed by atoms with Gasteiger partial charge in [-0.15, -0.1) is 0 Å². The molecule has 3 rings (SSSR count). The number of likely N-dealkylation sites (tertiary alicyclic amines) is 1. The lowest BCUT2D eigenvalue weighted by atomic mass is 9.97. The van der Waals surface area contributed by atoms with Crippen molar-refractivity contribution in [2.24, 2.45) is 0 Å². The molecule has 1 N–H and O–H groups in total. The van der Waals surface area contributed by atoms with Gasteiger partial charge in [0.05, 0.1) is 6.26 Å². The molecule has 0 spiro atoms. The molecule has 2 fully saturated rings.